The summed E-state index contributed by atoms with van der Waals surface area (Å²) >= 11 is 5.30. The van der Waals surface area contributed by atoms with Crippen molar-refractivity contribution in [3.05, 3.63) is 80.2 Å². The van der Waals surface area contributed by atoms with E-state index < -0.39 is 0 Å². The molecule has 0 amide bonds. The number of hydrogen-bond donors (Lipinski definition) is 0. The van der Waals surface area contributed by atoms with Crippen molar-refractivity contribution in [1.29, 1.82) is 0 Å². The number of allylic oxidation sites excluding steroid dienone is 8. The summed E-state index contributed by atoms with van der Waals surface area (Å²) in [6.45, 7) is 13.3. The van der Waals surface area contributed by atoms with E-state index in [1.54, 1.807) is 46.0 Å². The van der Waals surface area contributed by atoms with Crippen molar-refractivity contribution >= 4 is 39.3 Å². The van der Waals surface area contributed by atoms with Crippen molar-refractivity contribution in [2.75, 3.05) is 0 Å². The van der Waals surface area contributed by atoms with Crippen molar-refractivity contribution in [1.82, 2.24) is 0 Å². The van der Waals surface area contributed by atoms with E-state index in [9.17, 15) is 0 Å². The van der Waals surface area contributed by atoms with Crippen molar-refractivity contribution in [2.24, 2.45) is 11.8 Å². The smallest absolute Gasteiger partial charge is 1.00 e. The van der Waals surface area contributed by atoms with E-state index in [1.807, 2.05) is 0 Å². The maximum Gasteiger partial charge on any atom is -1.00 e. The maximum absolute atomic E-state index is 3.44. The quantitative estimate of drug-likeness (QED) is 0.382. The molecule has 2 aromatic rings. The molecular weight excluding hydrogens is 543 g/mol. The SMILES string of the molecule is CC1=CC(c2cccs2)=[C-]C1C.CC1=CC(c2cccs2)=[C-]C1C.C[Si](C)=[Zr+2].[Cl-].[Cl-]. The summed E-state index contributed by atoms with van der Waals surface area (Å²) < 4.78 is 0. The number of thiophene rings is 2. The van der Waals surface area contributed by atoms with Gasteiger partial charge in [0.1, 0.15) is 0 Å². The summed E-state index contributed by atoms with van der Waals surface area (Å²) in [5.41, 5.74) is 5.59. The average Bonchev–Trinajstić information content (AvgIpc) is 3.39. The first kappa shape index (κ1) is 30.0. The molecule has 0 saturated heterocycles. The third-order valence-corrected chi connectivity index (χ3v) is 6.23. The van der Waals surface area contributed by atoms with Crippen LogP contribution < -0.4 is 24.8 Å². The van der Waals surface area contributed by atoms with Crippen LogP contribution in [0.2, 0.25) is 13.1 Å². The van der Waals surface area contributed by atoms with Gasteiger partial charge >= 0.3 is 41.9 Å². The summed E-state index contributed by atoms with van der Waals surface area (Å²) in [6.07, 6.45) is 11.3. The van der Waals surface area contributed by atoms with Crippen LogP contribution in [0, 0.1) is 24.0 Å². The van der Waals surface area contributed by atoms with E-state index in [0.717, 1.165) is 0 Å². The molecule has 2 heterocycles. The molecule has 2 aliphatic carbocycles. The molecule has 2 unspecified atom stereocenters. The van der Waals surface area contributed by atoms with Crippen LogP contribution in [0.4, 0.5) is 0 Å². The van der Waals surface area contributed by atoms with Gasteiger partial charge in [-0.2, -0.15) is 35.5 Å². The average molecular weight is 571 g/mol. The van der Waals surface area contributed by atoms with Crippen LogP contribution >= 0.6 is 22.7 Å². The first-order valence-corrected chi connectivity index (χ1v) is 17.5. The molecular formula is C24H28Cl2S2SiZr-2. The Morgan fingerprint density at radius 1 is 0.800 bits per heavy atom. The molecule has 0 nitrogen and oxygen atoms in total. The third kappa shape index (κ3) is 9.67. The van der Waals surface area contributed by atoms with Crippen LogP contribution in [-0.4, -0.2) is 5.43 Å². The summed E-state index contributed by atoms with van der Waals surface area (Å²) in [4.78, 5) is 2.66. The Morgan fingerprint density at radius 3 is 1.33 bits per heavy atom. The van der Waals surface area contributed by atoms with Crippen LogP contribution in [0.1, 0.15) is 37.4 Å². The van der Waals surface area contributed by atoms with Gasteiger partial charge in [0.2, 0.25) is 0 Å². The maximum atomic E-state index is 3.44. The van der Waals surface area contributed by atoms with Gasteiger partial charge < -0.3 is 24.8 Å². The molecule has 30 heavy (non-hydrogen) atoms. The molecule has 6 heteroatoms. The number of hydrogen-bond acceptors (Lipinski definition) is 2. The largest absolute Gasteiger partial charge is 1.00 e. The minimum Gasteiger partial charge on any atom is -1.00 e. The van der Waals surface area contributed by atoms with Gasteiger partial charge in [0, 0.05) is 0 Å². The molecule has 2 aromatic heterocycles. The van der Waals surface area contributed by atoms with Crippen LogP contribution in [0.5, 0.6) is 0 Å². The van der Waals surface area contributed by atoms with E-state index in [4.69, 9.17) is 0 Å². The zero-order valence-corrected chi connectivity index (χ0v) is 24.9. The Labute approximate surface area is 218 Å². The second-order valence-electron chi connectivity index (χ2n) is 7.29. The summed E-state index contributed by atoms with van der Waals surface area (Å²) in [5.74, 6) is 1.00. The number of halogens is 2. The molecule has 0 radical (unpaired) electrons. The molecule has 0 fully saturated rings. The van der Waals surface area contributed by atoms with E-state index in [-0.39, 0.29) is 30.2 Å². The van der Waals surface area contributed by atoms with E-state index >= 15 is 0 Å². The topological polar surface area (TPSA) is 0 Å². The zero-order chi connectivity index (χ0) is 20.7. The summed E-state index contributed by atoms with van der Waals surface area (Å²) in [6, 6.07) is 8.46. The van der Waals surface area contributed by atoms with Gasteiger partial charge in [-0.3, -0.25) is 0 Å². The zero-order valence-electron chi connectivity index (χ0n) is 18.3. The Kier molecular flexibility index (Phi) is 15.0. The molecule has 0 bridgehead atoms. The second-order valence-corrected chi connectivity index (χ2v) is 18.6. The van der Waals surface area contributed by atoms with Crippen molar-refractivity contribution in [2.45, 2.75) is 40.8 Å². The Hall–Kier alpha value is 0.0400. The van der Waals surface area contributed by atoms with Crippen molar-refractivity contribution in [3.63, 3.8) is 0 Å². The Bertz CT molecular complexity index is 833. The summed E-state index contributed by atoms with van der Waals surface area (Å²) in [5, 5.41) is 4.21. The third-order valence-electron chi connectivity index (χ3n) is 4.43. The molecule has 0 spiro atoms. The molecule has 2 aliphatic rings. The van der Waals surface area contributed by atoms with E-state index in [0.29, 0.717) is 11.8 Å². The van der Waals surface area contributed by atoms with Gasteiger partial charge in [0.05, 0.1) is 0 Å². The minimum absolute atomic E-state index is 0. The fraction of sp³-hybridized carbons (Fsp3) is 0.333. The molecule has 0 aromatic carbocycles. The standard InChI is InChI=1S/2C11H11S.C2H6Si.2ClH.Zr/c2*1-8-6-10(7-9(8)2)11-4-3-5-12-11;1-3-2;;;/h2*3-6,9H,1-2H3;1-2H3;2*1H;/q2*-1;;;;+2/p-2. The van der Waals surface area contributed by atoms with Gasteiger partial charge in [-0.1, -0.05) is 61.4 Å². The van der Waals surface area contributed by atoms with Crippen LogP contribution in [-0.2, 0) is 23.3 Å². The first-order chi connectivity index (χ1) is 13.3. The predicted molar refractivity (Wildman–Crippen MR) is 125 cm³/mol. The van der Waals surface area contributed by atoms with Crippen LogP contribution in [0.3, 0.4) is 0 Å². The molecule has 4 rings (SSSR count). The fourth-order valence-corrected chi connectivity index (χ4v) is 4.04. The normalized spacial score (nSPS) is 18.8. The van der Waals surface area contributed by atoms with Gasteiger partial charge in [-0.25, -0.2) is 22.7 Å². The van der Waals surface area contributed by atoms with Gasteiger partial charge in [0.15, 0.2) is 0 Å². The van der Waals surface area contributed by atoms with Gasteiger partial charge in [-0.05, 0) is 10.8 Å². The summed E-state index contributed by atoms with van der Waals surface area (Å²) in [7, 11) is 0. The first-order valence-electron chi connectivity index (χ1n) is 9.50. The molecule has 0 N–H and O–H groups in total. The fourth-order valence-electron chi connectivity index (χ4n) is 2.63. The van der Waals surface area contributed by atoms with Crippen molar-refractivity contribution < 1.29 is 48.1 Å². The van der Waals surface area contributed by atoms with E-state index in [1.165, 1.54) is 32.0 Å². The van der Waals surface area contributed by atoms with Crippen LogP contribution in [0.25, 0.3) is 11.1 Å². The molecule has 160 valence electrons. The Morgan fingerprint density at radius 2 is 1.13 bits per heavy atom. The van der Waals surface area contributed by atoms with Crippen molar-refractivity contribution in [3.8, 4) is 0 Å². The minimum atomic E-state index is 0. The van der Waals surface area contributed by atoms with E-state index in [2.05, 4.69) is 100 Å². The number of rotatable bonds is 2. The van der Waals surface area contributed by atoms with Crippen LogP contribution in [0.15, 0.2) is 58.3 Å². The van der Waals surface area contributed by atoms with Gasteiger partial charge in [0.25, 0.3) is 0 Å². The molecule has 0 aliphatic heterocycles. The molecule has 2 atom stereocenters. The monoisotopic (exact) mass is 568 g/mol. The Balaban J connectivity index is 0.000000452. The van der Waals surface area contributed by atoms with Gasteiger partial charge in [-0.15, -0.1) is 23.3 Å². The predicted octanol–water partition coefficient (Wildman–Crippen LogP) is 1.85. The molecule has 0 saturated carbocycles. The second kappa shape index (κ2) is 15.0.